The predicted octanol–water partition coefficient (Wildman–Crippen LogP) is 2.17. The summed E-state index contributed by atoms with van der Waals surface area (Å²) in [4.78, 5) is 4.24. The SMILES string of the molecule is Nc1nsc(C2CC3(CCC3)C2)n1. The van der Waals surface area contributed by atoms with E-state index in [1.165, 1.54) is 43.6 Å². The highest BCUT2D eigenvalue weighted by atomic mass is 32.1. The maximum atomic E-state index is 5.50. The van der Waals surface area contributed by atoms with Crippen molar-refractivity contribution in [3.05, 3.63) is 5.01 Å². The van der Waals surface area contributed by atoms with Crippen LogP contribution in [0.25, 0.3) is 0 Å². The summed E-state index contributed by atoms with van der Waals surface area (Å²) in [5, 5.41) is 1.16. The van der Waals surface area contributed by atoms with Crippen molar-refractivity contribution >= 4 is 17.5 Å². The third kappa shape index (κ3) is 1.08. The molecule has 0 bridgehead atoms. The molecule has 70 valence electrons. The Morgan fingerprint density at radius 1 is 1.38 bits per heavy atom. The number of rotatable bonds is 1. The molecule has 1 aromatic rings. The van der Waals surface area contributed by atoms with Gasteiger partial charge in [-0.2, -0.15) is 4.37 Å². The van der Waals surface area contributed by atoms with Gasteiger partial charge in [-0.05, 0) is 42.6 Å². The fourth-order valence-corrected chi connectivity index (χ4v) is 3.34. The summed E-state index contributed by atoms with van der Waals surface area (Å²) >= 11 is 1.48. The first kappa shape index (κ1) is 7.74. The first-order chi connectivity index (χ1) is 6.27. The van der Waals surface area contributed by atoms with Gasteiger partial charge in [0.05, 0.1) is 0 Å². The fourth-order valence-electron chi connectivity index (χ4n) is 2.66. The Hall–Kier alpha value is -0.640. The number of anilines is 1. The van der Waals surface area contributed by atoms with Crippen LogP contribution in [0.4, 0.5) is 5.95 Å². The number of aromatic nitrogens is 2. The monoisotopic (exact) mass is 195 g/mol. The summed E-state index contributed by atoms with van der Waals surface area (Å²) in [5.41, 5.74) is 6.22. The number of nitrogen functional groups attached to an aromatic ring is 1. The van der Waals surface area contributed by atoms with Gasteiger partial charge in [-0.1, -0.05) is 6.42 Å². The molecule has 2 saturated carbocycles. The van der Waals surface area contributed by atoms with E-state index in [-0.39, 0.29) is 0 Å². The third-order valence-corrected chi connectivity index (χ3v) is 4.47. The van der Waals surface area contributed by atoms with Gasteiger partial charge >= 0.3 is 0 Å². The van der Waals surface area contributed by atoms with E-state index in [0.717, 1.165) is 10.4 Å². The van der Waals surface area contributed by atoms with Gasteiger partial charge in [0.15, 0.2) is 0 Å². The summed E-state index contributed by atoms with van der Waals surface area (Å²) in [6, 6.07) is 0. The molecule has 3 rings (SSSR count). The Morgan fingerprint density at radius 3 is 2.62 bits per heavy atom. The minimum atomic E-state index is 0.453. The van der Waals surface area contributed by atoms with E-state index >= 15 is 0 Å². The van der Waals surface area contributed by atoms with Crippen molar-refractivity contribution in [3.8, 4) is 0 Å². The van der Waals surface area contributed by atoms with Crippen LogP contribution in [0, 0.1) is 5.41 Å². The Bertz CT molecular complexity index is 321. The Labute approximate surface area is 81.5 Å². The minimum Gasteiger partial charge on any atom is -0.367 e. The normalized spacial score (nSPS) is 25.5. The average molecular weight is 195 g/mol. The molecule has 0 aromatic carbocycles. The van der Waals surface area contributed by atoms with Crippen LogP contribution in [0.1, 0.15) is 43.0 Å². The van der Waals surface area contributed by atoms with Crippen molar-refractivity contribution < 1.29 is 0 Å². The molecule has 1 aromatic heterocycles. The minimum absolute atomic E-state index is 0.453. The zero-order valence-electron chi connectivity index (χ0n) is 7.49. The van der Waals surface area contributed by atoms with Gasteiger partial charge < -0.3 is 5.73 Å². The summed E-state index contributed by atoms with van der Waals surface area (Å²) in [5.74, 6) is 1.13. The second-order valence-electron chi connectivity index (χ2n) is 4.45. The molecular weight excluding hydrogens is 182 g/mol. The van der Waals surface area contributed by atoms with Crippen LogP contribution in [-0.4, -0.2) is 9.36 Å². The van der Waals surface area contributed by atoms with E-state index in [1.807, 2.05) is 0 Å². The van der Waals surface area contributed by atoms with Gasteiger partial charge in [-0.25, -0.2) is 4.98 Å². The Balaban J connectivity index is 1.70. The lowest BCUT2D eigenvalue weighted by Crippen LogP contribution is -2.41. The smallest absolute Gasteiger partial charge is 0.232 e. The molecule has 2 aliphatic carbocycles. The van der Waals surface area contributed by atoms with Gasteiger partial charge in [0.25, 0.3) is 0 Å². The Kier molecular flexibility index (Phi) is 1.45. The lowest BCUT2D eigenvalue weighted by Gasteiger charge is -2.53. The van der Waals surface area contributed by atoms with Crippen molar-refractivity contribution in [1.82, 2.24) is 9.36 Å². The molecule has 0 aliphatic heterocycles. The largest absolute Gasteiger partial charge is 0.367 e. The second-order valence-corrected chi connectivity index (χ2v) is 5.23. The van der Waals surface area contributed by atoms with E-state index in [2.05, 4.69) is 9.36 Å². The van der Waals surface area contributed by atoms with Crippen LogP contribution in [0.2, 0.25) is 0 Å². The molecule has 0 radical (unpaired) electrons. The molecule has 0 saturated heterocycles. The highest BCUT2D eigenvalue weighted by Crippen LogP contribution is 2.61. The Morgan fingerprint density at radius 2 is 2.15 bits per heavy atom. The molecule has 2 N–H and O–H groups in total. The van der Waals surface area contributed by atoms with Crippen molar-refractivity contribution in [1.29, 1.82) is 0 Å². The summed E-state index contributed by atoms with van der Waals surface area (Å²) in [7, 11) is 0. The first-order valence-electron chi connectivity index (χ1n) is 4.87. The molecule has 2 aliphatic rings. The maximum Gasteiger partial charge on any atom is 0.232 e. The standard InChI is InChI=1S/C9H13N3S/c10-8-11-7(13-12-8)6-4-9(5-6)2-1-3-9/h6H,1-5H2,(H2,10,12). The number of nitrogens with zero attached hydrogens (tertiary/aromatic N) is 2. The molecule has 1 heterocycles. The molecule has 0 atom stereocenters. The van der Waals surface area contributed by atoms with Crippen LogP contribution < -0.4 is 5.73 Å². The number of hydrogen-bond acceptors (Lipinski definition) is 4. The quantitative estimate of drug-likeness (QED) is 0.747. The highest BCUT2D eigenvalue weighted by molar-refractivity contribution is 7.05. The molecule has 0 unspecified atom stereocenters. The summed E-state index contributed by atoms with van der Waals surface area (Å²) in [6.45, 7) is 0. The second kappa shape index (κ2) is 2.44. The zero-order chi connectivity index (χ0) is 8.89. The van der Waals surface area contributed by atoms with Crippen molar-refractivity contribution in [2.24, 2.45) is 5.41 Å². The molecule has 13 heavy (non-hydrogen) atoms. The van der Waals surface area contributed by atoms with Crippen molar-refractivity contribution in [2.45, 2.75) is 38.0 Å². The molecule has 0 amide bonds. The van der Waals surface area contributed by atoms with E-state index in [0.29, 0.717) is 11.9 Å². The highest BCUT2D eigenvalue weighted by Gasteiger charge is 2.49. The summed E-state index contributed by atoms with van der Waals surface area (Å²) < 4.78 is 4.02. The molecule has 2 fully saturated rings. The topological polar surface area (TPSA) is 51.8 Å². The van der Waals surface area contributed by atoms with E-state index in [9.17, 15) is 0 Å². The van der Waals surface area contributed by atoms with Gasteiger partial charge in [0.1, 0.15) is 5.01 Å². The lowest BCUT2D eigenvalue weighted by molar-refractivity contribution is 0.00897. The van der Waals surface area contributed by atoms with Crippen LogP contribution in [0.5, 0.6) is 0 Å². The van der Waals surface area contributed by atoms with E-state index in [4.69, 9.17) is 5.73 Å². The molecule has 1 spiro atoms. The van der Waals surface area contributed by atoms with Crippen LogP contribution in [-0.2, 0) is 0 Å². The number of nitrogens with two attached hydrogens (primary N) is 1. The maximum absolute atomic E-state index is 5.50. The van der Waals surface area contributed by atoms with Gasteiger partial charge in [-0.15, -0.1) is 0 Å². The van der Waals surface area contributed by atoms with Gasteiger partial charge in [0.2, 0.25) is 5.95 Å². The number of hydrogen-bond donors (Lipinski definition) is 1. The van der Waals surface area contributed by atoms with E-state index < -0.39 is 0 Å². The average Bonchev–Trinajstić information content (AvgIpc) is 2.29. The predicted molar refractivity (Wildman–Crippen MR) is 52.6 cm³/mol. The van der Waals surface area contributed by atoms with Crippen molar-refractivity contribution in [3.63, 3.8) is 0 Å². The molecule has 4 heteroatoms. The zero-order valence-corrected chi connectivity index (χ0v) is 8.31. The van der Waals surface area contributed by atoms with Gasteiger partial charge in [0, 0.05) is 5.92 Å². The third-order valence-electron chi connectivity index (χ3n) is 3.58. The fraction of sp³-hybridized carbons (Fsp3) is 0.778. The lowest BCUT2D eigenvalue weighted by atomic mass is 9.52. The van der Waals surface area contributed by atoms with Crippen LogP contribution in [0.3, 0.4) is 0 Å². The van der Waals surface area contributed by atoms with Crippen LogP contribution in [0.15, 0.2) is 0 Å². The van der Waals surface area contributed by atoms with Gasteiger partial charge in [-0.3, -0.25) is 0 Å². The van der Waals surface area contributed by atoms with Crippen LogP contribution >= 0.6 is 11.5 Å². The first-order valence-corrected chi connectivity index (χ1v) is 5.64. The summed E-state index contributed by atoms with van der Waals surface area (Å²) in [6.07, 6.45) is 6.99. The van der Waals surface area contributed by atoms with Crippen molar-refractivity contribution in [2.75, 3.05) is 5.73 Å². The van der Waals surface area contributed by atoms with E-state index in [1.54, 1.807) is 0 Å². The molecular formula is C9H13N3S. The molecule has 3 nitrogen and oxygen atoms in total.